The molecule has 8 heteroatoms. The van der Waals surface area contributed by atoms with Gasteiger partial charge in [0.05, 0.1) is 18.6 Å². The molecular formula is C24H27N5O2S. The molecule has 1 amide bonds. The van der Waals surface area contributed by atoms with Gasteiger partial charge in [-0.1, -0.05) is 36.0 Å². The summed E-state index contributed by atoms with van der Waals surface area (Å²) >= 11 is 1.36. The first kappa shape index (κ1) is 22.0. The van der Waals surface area contributed by atoms with E-state index < -0.39 is 0 Å². The summed E-state index contributed by atoms with van der Waals surface area (Å²) in [6, 6.07) is 19.9. The molecule has 0 spiro atoms. The first-order chi connectivity index (χ1) is 15.6. The van der Waals surface area contributed by atoms with Gasteiger partial charge in [0.25, 0.3) is 0 Å². The Morgan fingerprint density at radius 2 is 1.78 bits per heavy atom. The van der Waals surface area contributed by atoms with Gasteiger partial charge in [-0.25, -0.2) is 0 Å². The minimum Gasteiger partial charge on any atom is -0.495 e. The van der Waals surface area contributed by atoms with Crippen molar-refractivity contribution in [1.82, 2.24) is 10.2 Å². The van der Waals surface area contributed by atoms with Crippen LogP contribution in [0, 0.1) is 6.92 Å². The van der Waals surface area contributed by atoms with Crippen LogP contribution >= 0.6 is 11.8 Å². The van der Waals surface area contributed by atoms with Crippen LogP contribution in [0.15, 0.2) is 65.7 Å². The largest absolute Gasteiger partial charge is 0.495 e. The van der Waals surface area contributed by atoms with Gasteiger partial charge in [-0.15, -0.1) is 10.2 Å². The number of ether oxygens (including phenoxy) is 1. The van der Waals surface area contributed by atoms with Crippen LogP contribution in [0.4, 0.5) is 17.2 Å². The number of benzene rings is 2. The zero-order valence-corrected chi connectivity index (χ0v) is 19.1. The minimum absolute atomic E-state index is 0.113. The lowest BCUT2D eigenvalue weighted by Gasteiger charge is -2.36. The van der Waals surface area contributed by atoms with E-state index in [-0.39, 0.29) is 11.7 Å². The molecule has 1 aliphatic heterocycles. The van der Waals surface area contributed by atoms with Crippen molar-refractivity contribution < 1.29 is 9.53 Å². The fraction of sp³-hybridized carbons (Fsp3) is 0.292. The zero-order valence-electron chi connectivity index (χ0n) is 18.3. The zero-order chi connectivity index (χ0) is 22.3. The molecule has 1 aliphatic rings. The highest BCUT2D eigenvalue weighted by atomic mass is 32.2. The summed E-state index contributed by atoms with van der Waals surface area (Å²) in [6.07, 6.45) is 0. The maximum atomic E-state index is 12.3. The molecule has 0 saturated carbocycles. The van der Waals surface area contributed by atoms with Gasteiger partial charge in [0.15, 0.2) is 5.82 Å². The number of aryl methyl sites for hydroxylation is 1. The van der Waals surface area contributed by atoms with Crippen molar-refractivity contribution >= 4 is 34.9 Å². The van der Waals surface area contributed by atoms with Crippen LogP contribution in [0.25, 0.3) is 0 Å². The number of methoxy groups -OCH3 is 1. The lowest BCUT2D eigenvalue weighted by atomic mass is 10.2. The smallest absolute Gasteiger partial charge is 0.234 e. The molecule has 1 saturated heterocycles. The second-order valence-corrected chi connectivity index (χ2v) is 8.58. The van der Waals surface area contributed by atoms with E-state index in [1.54, 1.807) is 7.11 Å². The summed E-state index contributed by atoms with van der Waals surface area (Å²) in [5.74, 6) is 1.65. The fourth-order valence-corrected chi connectivity index (χ4v) is 4.26. The Kier molecular flexibility index (Phi) is 7.11. The number of carbonyl (C=O) groups excluding carboxylic acids is 1. The minimum atomic E-state index is -0.113. The van der Waals surface area contributed by atoms with Gasteiger partial charge in [0, 0.05) is 31.9 Å². The van der Waals surface area contributed by atoms with Gasteiger partial charge in [0.1, 0.15) is 10.8 Å². The number of amides is 1. The van der Waals surface area contributed by atoms with Gasteiger partial charge in [-0.3, -0.25) is 4.79 Å². The Labute approximate surface area is 192 Å². The van der Waals surface area contributed by atoms with Crippen molar-refractivity contribution in [1.29, 1.82) is 0 Å². The number of thioether (sulfide) groups is 1. The van der Waals surface area contributed by atoms with Crippen molar-refractivity contribution in [2.75, 3.05) is 54.2 Å². The summed E-state index contributed by atoms with van der Waals surface area (Å²) in [5.41, 5.74) is 3.21. The summed E-state index contributed by atoms with van der Waals surface area (Å²) in [6.45, 7) is 5.82. The standard InChI is InChI=1S/C24H27N5O2S/c1-18-6-5-7-19(16-18)28-12-14-29(15-13-28)22-10-11-24(27-26-22)32-17-23(30)25-20-8-3-4-9-21(20)31-2/h3-11,16H,12-15,17H2,1-2H3,(H,25,30). The van der Waals surface area contributed by atoms with Crippen molar-refractivity contribution in [3.8, 4) is 5.75 Å². The Hall–Kier alpha value is -3.26. The van der Waals surface area contributed by atoms with Crippen LogP contribution in [-0.4, -0.2) is 55.1 Å². The molecule has 0 radical (unpaired) electrons. The molecule has 1 fully saturated rings. The lowest BCUT2D eigenvalue weighted by molar-refractivity contribution is -0.113. The maximum absolute atomic E-state index is 12.3. The Bertz CT molecular complexity index is 1050. The lowest BCUT2D eigenvalue weighted by Crippen LogP contribution is -2.46. The van der Waals surface area contributed by atoms with Gasteiger partial charge in [-0.05, 0) is 48.9 Å². The number of rotatable bonds is 7. The number of piperazine rings is 1. The number of hydrogen-bond donors (Lipinski definition) is 1. The molecule has 2 heterocycles. The third-order valence-electron chi connectivity index (χ3n) is 5.33. The Morgan fingerprint density at radius 3 is 2.50 bits per heavy atom. The summed E-state index contributed by atoms with van der Waals surface area (Å²) in [4.78, 5) is 16.9. The topological polar surface area (TPSA) is 70.6 Å². The van der Waals surface area contributed by atoms with Crippen molar-refractivity contribution in [2.45, 2.75) is 11.9 Å². The molecule has 0 unspecified atom stereocenters. The summed E-state index contributed by atoms with van der Waals surface area (Å²) < 4.78 is 5.27. The number of carbonyl (C=O) groups is 1. The maximum Gasteiger partial charge on any atom is 0.234 e. The highest BCUT2D eigenvalue weighted by Gasteiger charge is 2.19. The third kappa shape index (κ3) is 5.50. The normalized spacial score (nSPS) is 13.7. The predicted molar refractivity (Wildman–Crippen MR) is 130 cm³/mol. The predicted octanol–water partition coefficient (Wildman–Crippen LogP) is 3.85. The van der Waals surface area contributed by atoms with Crippen LogP contribution in [0.2, 0.25) is 0 Å². The first-order valence-electron chi connectivity index (χ1n) is 10.6. The molecule has 0 atom stereocenters. The Balaban J connectivity index is 1.27. The molecule has 1 aromatic heterocycles. The SMILES string of the molecule is COc1ccccc1NC(=O)CSc1ccc(N2CCN(c3cccc(C)c3)CC2)nn1. The number of nitrogens with one attached hydrogen (secondary N) is 1. The van der Waals surface area contributed by atoms with E-state index in [2.05, 4.69) is 56.5 Å². The molecule has 7 nitrogen and oxygen atoms in total. The van der Waals surface area contributed by atoms with Crippen molar-refractivity contribution in [3.05, 3.63) is 66.2 Å². The average molecular weight is 450 g/mol. The fourth-order valence-electron chi connectivity index (χ4n) is 3.65. The number of hydrogen-bond acceptors (Lipinski definition) is 7. The second-order valence-electron chi connectivity index (χ2n) is 7.58. The number of para-hydroxylation sites is 2. The van der Waals surface area contributed by atoms with E-state index in [0.29, 0.717) is 11.4 Å². The molecule has 1 N–H and O–H groups in total. The molecule has 2 aromatic carbocycles. The van der Waals surface area contributed by atoms with E-state index in [1.165, 1.54) is 23.0 Å². The van der Waals surface area contributed by atoms with E-state index in [1.807, 2.05) is 36.4 Å². The van der Waals surface area contributed by atoms with E-state index in [9.17, 15) is 4.79 Å². The molecular weight excluding hydrogens is 422 g/mol. The van der Waals surface area contributed by atoms with E-state index in [0.717, 1.165) is 37.0 Å². The van der Waals surface area contributed by atoms with E-state index >= 15 is 0 Å². The molecule has 32 heavy (non-hydrogen) atoms. The van der Waals surface area contributed by atoms with Crippen LogP contribution in [0.3, 0.4) is 0 Å². The van der Waals surface area contributed by atoms with Crippen LogP contribution in [0.1, 0.15) is 5.56 Å². The van der Waals surface area contributed by atoms with E-state index in [4.69, 9.17) is 4.74 Å². The highest BCUT2D eigenvalue weighted by Crippen LogP contribution is 2.24. The molecule has 4 rings (SSSR count). The monoisotopic (exact) mass is 449 g/mol. The molecule has 3 aromatic rings. The molecule has 0 aliphatic carbocycles. The summed E-state index contributed by atoms with van der Waals surface area (Å²) in [5, 5.41) is 12.3. The number of aromatic nitrogens is 2. The second kappa shape index (κ2) is 10.4. The van der Waals surface area contributed by atoms with Crippen LogP contribution < -0.4 is 19.9 Å². The van der Waals surface area contributed by atoms with Gasteiger partial charge in [0.2, 0.25) is 5.91 Å². The van der Waals surface area contributed by atoms with Crippen molar-refractivity contribution in [3.63, 3.8) is 0 Å². The number of nitrogens with zero attached hydrogens (tertiary/aromatic N) is 4. The average Bonchev–Trinajstić information content (AvgIpc) is 2.83. The number of anilines is 3. The first-order valence-corrected chi connectivity index (χ1v) is 11.6. The van der Waals surface area contributed by atoms with Crippen LogP contribution in [-0.2, 0) is 4.79 Å². The van der Waals surface area contributed by atoms with Crippen molar-refractivity contribution in [2.24, 2.45) is 0 Å². The van der Waals surface area contributed by atoms with Gasteiger partial charge < -0.3 is 19.9 Å². The highest BCUT2D eigenvalue weighted by molar-refractivity contribution is 7.99. The third-order valence-corrected chi connectivity index (χ3v) is 6.25. The Morgan fingerprint density at radius 1 is 1.00 bits per heavy atom. The molecule has 166 valence electrons. The summed E-state index contributed by atoms with van der Waals surface area (Å²) in [7, 11) is 1.58. The van der Waals surface area contributed by atoms with Crippen LogP contribution in [0.5, 0.6) is 5.75 Å². The van der Waals surface area contributed by atoms with Gasteiger partial charge >= 0.3 is 0 Å². The van der Waals surface area contributed by atoms with Gasteiger partial charge in [-0.2, -0.15) is 0 Å². The molecule has 0 bridgehead atoms. The quantitative estimate of drug-likeness (QED) is 0.550.